The highest BCUT2D eigenvalue weighted by atomic mass is 32.2. The third-order valence-electron chi connectivity index (χ3n) is 3.92. The number of benzene rings is 1. The molecule has 8 nitrogen and oxygen atoms in total. The maximum Gasteiger partial charge on any atom is 0.332 e. The molecule has 0 radical (unpaired) electrons. The van der Waals surface area contributed by atoms with Gasteiger partial charge in [0, 0.05) is 20.2 Å². The van der Waals surface area contributed by atoms with Crippen molar-refractivity contribution >= 4 is 34.4 Å². The highest BCUT2D eigenvalue weighted by Crippen LogP contribution is 2.23. The molecule has 2 aromatic heterocycles. The van der Waals surface area contributed by atoms with Gasteiger partial charge in [-0.1, -0.05) is 11.8 Å². The number of rotatable bonds is 4. The minimum Gasteiger partial charge on any atom is -0.323 e. The second kappa shape index (κ2) is 7.50. The van der Waals surface area contributed by atoms with Crippen molar-refractivity contribution in [2.75, 3.05) is 11.1 Å². The average Bonchev–Trinajstić information content (AvgIpc) is 2.64. The molecule has 28 heavy (non-hydrogen) atoms. The van der Waals surface area contributed by atoms with Gasteiger partial charge in [0.2, 0.25) is 5.91 Å². The van der Waals surface area contributed by atoms with Gasteiger partial charge in [-0.2, -0.15) is 0 Å². The first-order valence-electron chi connectivity index (χ1n) is 8.01. The highest BCUT2D eigenvalue weighted by Gasteiger charge is 2.17. The lowest BCUT2D eigenvalue weighted by atomic mass is 10.3. The fourth-order valence-electron chi connectivity index (χ4n) is 2.55. The van der Waals surface area contributed by atoms with Crippen molar-refractivity contribution in [1.82, 2.24) is 19.1 Å². The molecular formula is C17H15F2N5O3S. The second-order valence-corrected chi connectivity index (χ2v) is 6.91. The van der Waals surface area contributed by atoms with Gasteiger partial charge in [-0.15, -0.1) is 0 Å². The van der Waals surface area contributed by atoms with Crippen LogP contribution in [0.25, 0.3) is 11.0 Å². The first-order chi connectivity index (χ1) is 13.2. The highest BCUT2D eigenvalue weighted by molar-refractivity contribution is 8.00. The van der Waals surface area contributed by atoms with E-state index in [0.717, 1.165) is 28.5 Å². The van der Waals surface area contributed by atoms with E-state index in [2.05, 4.69) is 15.3 Å². The zero-order chi connectivity index (χ0) is 20.6. The summed E-state index contributed by atoms with van der Waals surface area (Å²) < 4.78 is 28.8. The molecule has 1 amide bonds. The van der Waals surface area contributed by atoms with E-state index in [-0.39, 0.29) is 27.5 Å². The van der Waals surface area contributed by atoms with E-state index in [1.807, 2.05) is 0 Å². The Kier molecular flexibility index (Phi) is 5.27. The summed E-state index contributed by atoms with van der Waals surface area (Å²) in [6.07, 6.45) is 0. The summed E-state index contributed by atoms with van der Waals surface area (Å²) in [4.78, 5) is 45.1. The standard InChI is InChI=1S/C17H15F2N5O3S/c1-8-20-14-13(16(26)24(3)17(27)23(14)2)15(21-8)28-7-12(25)22-11-5-4-9(18)6-10(11)19/h4-6H,7H2,1-3H3,(H,22,25). The first-order valence-corrected chi connectivity index (χ1v) is 8.99. The fourth-order valence-corrected chi connectivity index (χ4v) is 3.41. The molecule has 0 atom stereocenters. The van der Waals surface area contributed by atoms with Crippen LogP contribution < -0.4 is 16.6 Å². The number of aromatic nitrogens is 4. The lowest BCUT2D eigenvalue weighted by Crippen LogP contribution is -2.37. The van der Waals surface area contributed by atoms with Crippen LogP contribution in [-0.2, 0) is 18.9 Å². The molecule has 3 aromatic rings. The number of carbonyl (C=O) groups is 1. The monoisotopic (exact) mass is 407 g/mol. The molecule has 1 aromatic carbocycles. The fraction of sp³-hybridized carbons (Fsp3) is 0.235. The maximum atomic E-state index is 13.7. The summed E-state index contributed by atoms with van der Waals surface area (Å²) in [7, 11) is 2.82. The lowest BCUT2D eigenvalue weighted by molar-refractivity contribution is -0.113. The zero-order valence-electron chi connectivity index (χ0n) is 15.1. The Morgan fingerprint density at radius 2 is 1.89 bits per heavy atom. The van der Waals surface area contributed by atoms with Crippen LogP contribution in [0.2, 0.25) is 0 Å². The van der Waals surface area contributed by atoms with Crippen LogP contribution in [0.3, 0.4) is 0 Å². The number of nitrogens with one attached hydrogen (secondary N) is 1. The third kappa shape index (κ3) is 3.65. The minimum absolute atomic E-state index is 0.112. The van der Waals surface area contributed by atoms with Crippen LogP contribution in [0.4, 0.5) is 14.5 Å². The number of aryl methyl sites for hydroxylation is 2. The van der Waals surface area contributed by atoms with Gasteiger partial charge in [0.05, 0.1) is 11.4 Å². The molecule has 0 aliphatic carbocycles. The predicted octanol–water partition coefficient (Wildman–Crippen LogP) is 1.34. The number of amides is 1. The van der Waals surface area contributed by atoms with Gasteiger partial charge in [-0.3, -0.25) is 18.7 Å². The Hall–Kier alpha value is -3.08. The Bertz CT molecular complexity index is 1220. The molecule has 146 valence electrons. The Morgan fingerprint density at radius 1 is 1.18 bits per heavy atom. The number of hydrogen-bond acceptors (Lipinski definition) is 6. The second-order valence-electron chi connectivity index (χ2n) is 5.94. The molecule has 0 saturated heterocycles. The van der Waals surface area contributed by atoms with Crippen molar-refractivity contribution in [3.63, 3.8) is 0 Å². The number of carbonyl (C=O) groups excluding carboxylic acids is 1. The number of thioether (sulfide) groups is 1. The maximum absolute atomic E-state index is 13.7. The molecule has 0 saturated carbocycles. The smallest absolute Gasteiger partial charge is 0.323 e. The van der Waals surface area contributed by atoms with Crippen LogP contribution in [0.1, 0.15) is 5.82 Å². The molecule has 0 aliphatic heterocycles. The van der Waals surface area contributed by atoms with E-state index in [1.54, 1.807) is 6.92 Å². The van der Waals surface area contributed by atoms with E-state index < -0.39 is 28.8 Å². The van der Waals surface area contributed by atoms with Crippen molar-refractivity contribution in [1.29, 1.82) is 0 Å². The molecule has 1 N–H and O–H groups in total. The summed E-state index contributed by atoms with van der Waals surface area (Å²) in [5, 5.41) is 2.68. The van der Waals surface area contributed by atoms with E-state index in [1.165, 1.54) is 18.7 Å². The topological polar surface area (TPSA) is 98.9 Å². The summed E-state index contributed by atoms with van der Waals surface area (Å²) in [6, 6.07) is 2.80. The van der Waals surface area contributed by atoms with Gasteiger partial charge in [-0.25, -0.2) is 23.5 Å². The van der Waals surface area contributed by atoms with Crippen LogP contribution in [0, 0.1) is 18.6 Å². The number of anilines is 1. The number of nitrogens with zero attached hydrogens (tertiary/aromatic N) is 4. The molecule has 0 unspecified atom stereocenters. The first kappa shape index (κ1) is 19.7. The third-order valence-corrected chi connectivity index (χ3v) is 4.90. The summed E-state index contributed by atoms with van der Waals surface area (Å²) in [6.45, 7) is 1.60. The largest absolute Gasteiger partial charge is 0.332 e. The van der Waals surface area contributed by atoms with Gasteiger partial charge < -0.3 is 5.32 Å². The van der Waals surface area contributed by atoms with Gasteiger partial charge >= 0.3 is 5.69 Å². The summed E-state index contributed by atoms with van der Waals surface area (Å²) >= 11 is 0.949. The summed E-state index contributed by atoms with van der Waals surface area (Å²) in [5.41, 5.74) is -1.11. The SMILES string of the molecule is Cc1nc(SCC(=O)Nc2ccc(F)cc2F)c2c(=O)n(C)c(=O)n(C)c2n1. The number of fused-ring (bicyclic) bond motifs is 1. The molecule has 0 spiro atoms. The van der Waals surface area contributed by atoms with E-state index in [9.17, 15) is 23.2 Å². The van der Waals surface area contributed by atoms with Gasteiger partial charge in [0.1, 0.15) is 27.9 Å². The number of halogens is 2. The molecule has 2 heterocycles. The van der Waals surface area contributed by atoms with Crippen molar-refractivity contribution in [2.24, 2.45) is 14.1 Å². The quantitative estimate of drug-likeness (QED) is 0.518. The van der Waals surface area contributed by atoms with E-state index in [0.29, 0.717) is 11.9 Å². The molecule has 0 fully saturated rings. The lowest BCUT2D eigenvalue weighted by Gasteiger charge is -2.11. The Labute approximate surface area is 161 Å². The van der Waals surface area contributed by atoms with Crippen molar-refractivity contribution in [2.45, 2.75) is 11.9 Å². The Morgan fingerprint density at radius 3 is 2.57 bits per heavy atom. The summed E-state index contributed by atoms with van der Waals surface area (Å²) in [5.74, 6) is -2.08. The molecule has 11 heteroatoms. The Balaban J connectivity index is 1.91. The van der Waals surface area contributed by atoms with Crippen LogP contribution in [-0.4, -0.2) is 30.8 Å². The van der Waals surface area contributed by atoms with Gasteiger partial charge in [-0.05, 0) is 19.1 Å². The molecule has 0 bridgehead atoms. The van der Waals surface area contributed by atoms with E-state index in [4.69, 9.17) is 0 Å². The van der Waals surface area contributed by atoms with E-state index >= 15 is 0 Å². The number of hydrogen-bond donors (Lipinski definition) is 1. The zero-order valence-corrected chi connectivity index (χ0v) is 15.9. The normalized spacial score (nSPS) is 11.0. The van der Waals surface area contributed by atoms with Gasteiger partial charge in [0.25, 0.3) is 5.56 Å². The molecular weight excluding hydrogens is 392 g/mol. The van der Waals surface area contributed by atoms with Crippen LogP contribution in [0.15, 0.2) is 32.8 Å². The van der Waals surface area contributed by atoms with Gasteiger partial charge in [0.15, 0.2) is 5.65 Å². The van der Waals surface area contributed by atoms with Crippen LogP contribution in [0.5, 0.6) is 0 Å². The molecule has 3 rings (SSSR count). The average molecular weight is 407 g/mol. The molecule has 0 aliphatic rings. The van der Waals surface area contributed by atoms with Crippen molar-refractivity contribution in [3.05, 3.63) is 56.5 Å². The minimum atomic E-state index is -0.898. The van der Waals surface area contributed by atoms with Crippen molar-refractivity contribution in [3.8, 4) is 0 Å². The predicted molar refractivity (Wildman–Crippen MR) is 100 cm³/mol. The van der Waals surface area contributed by atoms with Crippen LogP contribution >= 0.6 is 11.8 Å². The van der Waals surface area contributed by atoms with Crippen molar-refractivity contribution < 1.29 is 13.6 Å².